The number of benzene rings is 2. The quantitative estimate of drug-likeness (QED) is 0.661. The first kappa shape index (κ1) is 19.2. The maximum Gasteiger partial charge on any atom is 0.227 e. The first-order chi connectivity index (χ1) is 14.3. The fourth-order valence-electron chi connectivity index (χ4n) is 3.47. The molecule has 1 N–H and O–H groups in total. The highest BCUT2D eigenvalue weighted by molar-refractivity contribution is 5.58. The number of rotatable bonds is 7. The number of ether oxygens (including phenoxy) is 1. The topological polar surface area (TPSA) is 53.5 Å². The lowest BCUT2D eigenvalue weighted by molar-refractivity contribution is 0.248. The maximum atomic E-state index is 5.49. The molecular weight excluding hydrogens is 362 g/mol. The number of piperazine rings is 1. The van der Waals surface area contributed by atoms with Gasteiger partial charge < -0.3 is 15.0 Å². The van der Waals surface area contributed by atoms with Gasteiger partial charge in [-0.1, -0.05) is 30.3 Å². The van der Waals surface area contributed by atoms with Crippen LogP contribution < -0.4 is 15.0 Å². The molecule has 0 bridgehead atoms. The second-order valence-corrected chi connectivity index (χ2v) is 7.07. The highest BCUT2D eigenvalue weighted by Crippen LogP contribution is 2.21. The van der Waals surface area contributed by atoms with Crippen LogP contribution in [0.3, 0.4) is 0 Å². The van der Waals surface area contributed by atoms with E-state index in [1.807, 2.05) is 43.5 Å². The normalized spacial score (nSPS) is 14.6. The average molecular weight is 390 g/mol. The van der Waals surface area contributed by atoms with Crippen LogP contribution >= 0.6 is 0 Å². The van der Waals surface area contributed by atoms with Crippen molar-refractivity contribution in [3.8, 4) is 5.75 Å². The summed E-state index contributed by atoms with van der Waals surface area (Å²) in [6, 6.07) is 20.4. The van der Waals surface area contributed by atoms with Crippen LogP contribution in [0.15, 0.2) is 66.9 Å². The van der Waals surface area contributed by atoms with Crippen LogP contribution in [0.5, 0.6) is 5.75 Å². The fraction of sp³-hybridized carbons (Fsp3) is 0.304. The molecule has 1 aromatic heterocycles. The van der Waals surface area contributed by atoms with Crippen LogP contribution in [0.25, 0.3) is 0 Å². The Balaban J connectivity index is 1.34. The predicted octanol–water partition coefficient (Wildman–Crippen LogP) is 3.94. The van der Waals surface area contributed by atoms with E-state index in [0.717, 1.165) is 55.9 Å². The van der Waals surface area contributed by atoms with Crippen LogP contribution in [0.4, 0.5) is 17.5 Å². The number of nitrogens with one attached hydrogen (secondary N) is 1. The van der Waals surface area contributed by atoms with Crippen LogP contribution in [0.2, 0.25) is 0 Å². The Morgan fingerprint density at radius 1 is 0.931 bits per heavy atom. The molecule has 29 heavy (non-hydrogen) atoms. The lowest BCUT2D eigenvalue weighted by atomic mass is 10.2. The second kappa shape index (κ2) is 9.39. The molecule has 0 amide bonds. The van der Waals surface area contributed by atoms with E-state index in [-0.39, 0.29) is 0 Å². The largest absolute Gasteiger partial charge is 0.494 e. The Morgan fingerprint density at radius 2 is 1.69 bits per heavy atom. The van der Waals surface area contributed by atoms with Crippen LogP contribution in [-0.2, 0) is 6.54 Å². The highest BCUT2D eigenvalue weighted by Gasteiger charge is 2.19. The molecule has 1 fully saturated rings. The highest BCUT2D eigenvalue weighted by atomic mass is 16.5. The van der Waals surface area contributed by atoms with Crippen molar-refractivity contribution in [2.75, 3.05) is 43.0 Å². The zero-order valence-corrected chi connectivity index (χ0v) is 16.8. The van der Waals surface area contributed by atoms with E-state index in [9.17, 15) is 0 Å². The molecule has 3 aromatic rings. The lowest BCUT2D eigenvalue weighted by Gasteiger charge is -2.34. The molecule has 6 heteroatoms. The van der Waals surface area contributed by atoms with Crippen molar-refractivity contribution in [2.24, 2.45) is 0 Å². The fourth-order valence-corrected chi connectivity index (χ4v) is 3.47. The van der Waals surface area contributed by atoms with Crippen molar-refractivity contribution < 1.29 is 4.74 Å². The minimum Gasteiger partial charge on any atom is -0.494 e. The second-order valence-electron chi connectivity index (χ2n) is 7.07. The lowest BCUT2D eigenvalue weighted by Crippen LogP contribution is -2.46. The molecule has 0 spiro atoms. The predicted molar refractivity (Wildman–Crippen MR) is 117 cm³/mol. The van der Waals surface area contributed by atoms with Gasteiger partial charge in [0.1, 0.15) is 11.6 Å². The molecule has 2 aromatic carbocycles. The molecule has 1 aliphatic heterocycles. The van der Waals surface area contributed by atoms with Gasteiger partial charge in [-0.25, -0.2) is 4.98 Å². The van der Waals surface area contributed by atoms with Gasteiger partial charge in [0.2, 0.25) is 5.95 Å². The Morgan fingerprint density at radius 3 is 2.41 bits per heavy atom. The molecule has 0 radical (unpaired) electrons. The van der Waals surface area contributed by atoms with Gasteiger partial charge in [0.05, 0.1) is 6.61 Å². The Bertz CT molecular complexity index is 893. The van der Waals surface area contributed by atoms with Gasteiger partial charge in [0, 0.05) is 44.6 Å². The maximum absolute atomic E-state index is 5.49. The molecule has 0 aliphatic carbocycles. The number of nitrogens with zero attached hydrogens (tertiary/aromatic N) is 4. The summed E-state index contributed by atoms with van der Waals surface area (Å²) in [5.41, 5.74) is 2.34. The van der Waals surface area contributed by atoms with Crippen molar-refractivity contribution in [3.63, 3.8) is 0 Å². The van der Waals surface area contributed by atoms with Crippen molar-refractivity contribution in [2.45, 2.75) is 13.5 Å². The molecule has 1 aliphatic rings. The molecule has 4 rings (SSSR count). The van der Waals surface area contributed by atoms with E-state index in [1.54, 1.807) is 0 Å². The van der Waals surface area contributed by atoms with Gasteiger partial charge in [-0.15, -0.1) is 0 Å². The van der Waals surface area contributed by atoms with E-state index < -0.39 is 0 Å². The Hall–Kier alpha value is -3.12. The monoisotopic (exact) mass is 389 g/mol. The zero-order chi connectivity index (χ0) is 19.9. The molecule has 6 nitrogen and oxygen atoms in total. The van der Waals surface area contributed by atoms with Gasteiger partial charge in [-0.05, 0) is 42.8 Å². The molecule has 0 unspecified atom stereocenters. The van der Waals surface area contributed by atoms with E-state index in [4.69, 9.17) is 9.72 Å². The van der Waals surface area contributed by atoms with Crippen molar-refractivity contribution in [1.29, 1.82) is 0 Å². The molecule has 2 heterocycles. The number of aromatic nitrogens is 2. The standard InChI is InChI=1S/C23H27N5O/c1-2-29-21-10-8-20(9-11-21)25-22-12-13-24-23(26-22)28-16-14-27(15-17-28)18-19-6-4-3-5-7-19/h3-13H,2,14-18H2,1H3,(H,24,25,26). The third kappa shape index (κ3) is 5.23. The minimum absolute atomic E-state index is 0.667. The van der Waals surface area contributed by atoms with Gasteiger partial charge in [-0.2, -0.15) is 4.98 Å². The molecule has 150 valence electrons. The molecule has 0 atom stereocenters. The third-order valence-corrected chi connectivity index (χ3v) is 4.98. The van der Waals surface area contributed by atoms with Crippen molar-refractivity contribution in [3.05, 3.63) is 72.4 Å². The summed E-state index contributed by atoms with van der Waals surface area (Å²) in [4.78, 5) is 13.9. The van der Waals surface area contributed by atoms with Crippen LogP contribution in [0, 0.1) is 0 Å². The summed E-state index contributed by atoms with van der Waals surface area (Å²) in [6.45, 7) is 7.52. The summed E-state index contributed by atoms with van der Waals surface area (Å²) in [6.07, 6.45) is 1.82. The summed E-state index contributed by atoms with van der Waals surface area (Å²) in [5.74, 6) is 2.45. The summed E-state index contributed by atoms with van der Waals surface area (Å²) >= 11 is 0. The Labute approximate surface area is 172 Å². The SMILES string of the molecule is CCOc1ccc(Nc2ccnc(N3CCN(Cc4ccccc4)CC3)n2)cc1. The number of anilines is 3. The van der Waals surface area contributed by atoms with Gasteiger partial charge in [0.25, 0.3) is 0 Å². The van der Waals surface area contributed by atoms with E-state index >= 15 is 0 Å². The summed E-state index contributed by atoms with van der Waals surface area (Å²) < 4.78 is 5.49. The van der Waals surface area contributed by atoms with Crippen molar-refractivity contribution in [1.82, 2.24) is 14.9 Å². The van der Waals surface area contributed by atoms with Crippen molar-refractivity contribution >= 4 is 17.5 Å². The van der Waals surface area contributed by atoms with Gasteiger partial charge >= 0.3 is 0 Å². The third-order valence-electron chi connectivity index (χ3n) is 4.98. The number of hydrogen-bond acceptors (Lipinski definition) is 6. The molecule has 1 saturated heterocycles. The molecule has 0 saturated carbocycles. The average Bonchev–Trinajstić information content (AvgIpc) is 2.77. The molecular formula is C23H27N5O. The van der Waals surface area contributed by atoms with E-state index in [2.05, 4.69) is 50.4 Å². The first-order valence-corrected chi connectivity index (χ1v) is 10.1. The van der Waals surface area contributed by atoms with E-state index in [0.29, 0.717) is 6.61 Å². The Kier molecular flexibility index (Phi) is 6.22. The van der Waals surface area contributed by atoms with Gasteiger partial charge in [-0.3, -0.25) is 4.90 Å². The number of hydrogen-bond donors (Lipinski definition) is 1. The minimum atomic E-state index is 0.667. The van der Waals surface area contributed by atoms with Crippen LogP contribution in [-0.4, -0.2) is 47.7 Å². The van der Waals surface area contributed by atoms with Crippen LogP contribution in [0.1, 0.15) is 12.5 Å². The summed E-state index contributed by atoms with van der Waals surface area (Å²) in [7, 11) is 0. The summed E-state index contributed by atoms with van der Waals surface area (Å²) in [5, 5.41) is 3.35. The zero-order valence-electron chi connectivity index (χ0n) is 16.8. The van der Waals surface area contributed by atoms with Gasteiger partial charge in [0.15, 0.2) is 0 Å². The first-order valence-electron chi connectivity index (χ1n) is 10.1. The smallest absolute Gasteiger partial charge is 0.227 e. The van der Waals surface area contributed by atoms with E-state index in [1.165, 1.54) is 5.56 Å².